The van der Waals surface area contributed by atoms with Crippen molar-refractivity contribution < 1.29 is 4.79 Å². The van der Waals surface area contributed by atoms with Crippen molar-refractivity contribution in [1.29, 1.82) is 0 Å². The molecule has 5 nitrogen and oxygen atoms in total. The molecule has 0 unspecified atom stereocenters. The van der Waals surface area contributed by atoms with Gasteiger partial charge in [0, 0.05) is 38.0 Å². The smallest absolute Gasteiger partial charge is 0.227 e. The molecular formula is C28H28N4O. The van der Waals surface area contributed by atoms with Crippen LogP contribution in [0.4, 0.5) is 5.82 Å². The average Bonchev–Trinajstić information content (AvgIpc) is 2.88. The Morgan fingerprint density at radius 3 is 2.06 bits per heavy atom. The third-order valence-electron chi connectivity index (χ3n) is 6.24. The number of benzene rings is 3. The number of anilines is 1. The lowest BCUT2D eigenvalue weighted by atomic mass is 10.1. The Kier molecular flexibility index (Phi) is 6.29. The number of hydrogen-bond acceptors (Lipinski definition) is 4. The Morgan fingerprint density at radius 2 is 1.33 bits per heavy atom. The summed E-state index contributed by atoms with van der Waals surface area (Å²) in [7, 11) is 0. The van der Waals surface area contributed by atoms with Crippen molar-refractivity contribution in [2.75, 3.05) is 31.1 Å². The van der Waals surface area contributed by atoms with Crippen LogP contribution in [0.2, 0.25) is 0 Å². The molecule has 1 aliphatic rings. The first kappa shape index (κ1) is 21.1. The van der Waals surface area contributed by atoms with Crippen LogP contribution in [0.1, 0.15) is 17.0 Å². The standard InChI is InChI=1S/C28H28N4O/c33-27(21-23-11-5-2-6-12-23)31-17-19-32(20-18-31)28-24-13-7-8-14-25(24)29-26(30-28)16-15-22-9-3-1-4-10-22/h1-14H,15-21H2. The van der Waals surface area contributed by atoms with Gasteiger partial charge < -0.3 is 9.80 Å². The van der Waals surface area contributed by atoms with Gasteiger partial charge in [0.25, 0.3) is 0 Å². The number of aromatic nitrogens is 2. The van der Waals surface area contributed by atoms with Gasteiger partial charge in [-0.2, -0.15) is 0 Å². The van der Waals surface area contributed by atoms with Gasteiger partial charge in [0.05, 0.1) is 11.9 Å². The van der Waals surface area contributed by atoms with E-state index in [0.717, 1.165) is 54.0 Å². The maximum absolute atomic E-state index is 12.8. The number of hydrogen-bond donors (Lipinski definition) is 0. The first-order valence-electron chi connectivity index (χ1n) is 11.6. The molecule has 0 spiro atoms. The molecular weight excluding hydrogens is 408 g/mol. The highest BCUT2D eigenvalue weighted by molar-refractivity contribution is 5.89. The third-order valence-corrected chi connectivity index (χ3v) is 6.24. The van der Waals surface area contributed by atoms with Crippen molar-refractivity contribution in [3.63, 3.8) is 0 Å². The summed E-state index contributed by atoms with van der Waals surface area (Å²) in [6.45, 7) is 2.98. The van der Waals surface area contributed by atoms with E-state index in [9.17, 15) is 4.79 Å². The highest BCUT2D eigenvalue weighted by atomic mass is 16.2. The van der Waals surface area contributed by atoms with Gasteiger partial charge in [-0.25, -0.2) is 9.97 Å². The van der Waals surface area contributed by atoms with Crippen LogP contribution in [0.3, 0.4) is 0 Å². The van der Waals surface area contributed by atoms with E-state index in [2.05, 4.69) is 41.3 Å². The zero-order valence-corrected chi connectivity index (χ0v) is 18.7. The largest absolute Gasteiger partial charge is 0.352 e. The van der Waals surface area contributed by atoms with Gasteiger partial charge in [0.1, 0.15) is 11.6 Å². The molecule has 4 aromatic rings. The summed E-state index contributed by atoms with van der Waals surface area (Å²) < 4.78 is 0. The van der Waals surface area contributed by atoms with Gasteiger partial charge in [-0.05, 0) is 29.7 Å². The van der Waals surface area contributed by atoms with Crippen LogP contribution in [0.15, 0.2) is 84.9 Å². The number of piperazine rings is 1. The van der Waals surface area contributed by atoms with Gasteiger partial charge in [0.15, 0.2) is 0 Å². The topological polar surface area (TPSA) is 49.3 Å². The van der Waals surface area contributed by atoms with Crippen LogP contribution in [-0.4, -0.2) is 47.0 Å². The Morgan fingerprint density at radius 1 is 0.697 bits per heavy atom. The summed E-state index contributed by atoms with van der Waals surface area (Å²) in [5.41, 5.74) is 3.34. The fraction of sp³-hybridized carbons (Fsp3) is 0.250. The Labute approximate surface area is 194 Å². The predicted octanol–water partition coefficient (Wildman–Crippen LogP) is 4.31. The molecule has 3 aromatic carbocycles. The van der Waals surface area contributed by atoms with Crippen LogP contribution < -0.4 is 4.90 Å². The summed E-state index contributed by atoms with van der Waals surface area (Å²) in [5.74, 6) is 2.05. The molecule has 5 heteroatoms. The maximum atomic E-state index is 12.8. The molecule has 1 aromatic heterocycles. The van der Waals surface area contributed by atoms with E-state index in [4.69, 9.17) is 9.97 Å². The Bertz CT molecular complexity index is 1220. The second-order valence-corrected chi connectivity index (χ2v) is 8.50. The van der Waals surface area contributed by atoms with Crippen molar-refractivity contribution >= 4 is 22.6 Å². The number of carbonyl (C=O) groups is 1. The number of carbonyl (C=O) groups excluding carboxylic acids is 1. The van der Waals surface area contributed by atoms with Gasteiger partial charge in [0.2, 0.25) is 5.91 Å². The lowest BCUT2D eigenvalue weighted by Crippen LogP contribution is -2.49. The normalized spacial score (nSPS) is 13.9. The van der Waals surface area contributed by atoms with E-state index in [1.807, 2.05) is 53.4 Å². The van der Waals surface area contributed by atoms with Crippen molar-refractivity contribution in [2.45, 2.75) is 19.3 Å². The Hall–Kier alpha value is -3.73. The molecule has 1 aliphatic heterocycles. The van der Waals surface area contributed by atoms with Gasteiger partial charge in [-0.3, -0.25) is 4.79 Å². The lowest BCUT2D eigenvalue weighted by molar-refractivity contribution is -0.130. The number of aryl methyl sites for hydroxylation is 2. The number of nitrogens with zero attached hydrogens (tertiary/aromatic N) is 4. The van der Waals surface area contributed by atoms with Crippen LogP contribution >= 0.6 is 0 Å². The van der Waals surface area contributed by atoms with Crippen molar-refractivity contribution in [1.82, 2.24) is 14.9 Å². The molecule has 33 heavy (non-hydrogen) atoms. The minimum Gasteiger partial charge on any atom is -0.352 e. The SMILES string of the molecule is O=C(Cc1ccccc1)N1CCN(c2nc(CCc3ccccc3)nc3ccccc23)CC1. The summed E-state index contributed by atoms with van der Waals surface area (Å²) >= 11 is 0. The van der Waals surface area contributed by atoms with E-state index in [0.29, 0.717) is 19.5 Å². The molecule has 0 aliphatic carbocycles. The monoisotopic (exact) mass is 436 g/mol. The van der Waals surface area contributed by atoms with Crippen molar-refractivity contribution in [3.8, 4) is 0 Å². The second-order valence-electron chi connectivity index (χ2n) is 8.50. The van der Waals surface area contributed by atoms with Crippen molar-refractivity contribution in [2.24, 2.45) is 0 Å². The number of amides is 1. The minimum atomic E-state index is 0.192. The Balaban J connectivity index is 1.30. The quantitative estimate of drug-likeness (QED) is 0.452. The van der Waals surface area contributed by atoms with Crippen LogP contribution in [-0.2, 0) is 24.1 Å². The molecule has 0 radical (unpaired) electrons. The van der Waals surface area contributed by atoms with E-state index in [1.54, 1.807) is 0 Å². The third kappa shape index (κ3) is 5.03. The number of rotatable bonds is 6. The van der Waals surface area contributed by atoms with E-state index in [1.165, 1.54) is 5.56 Å². The van der Waals surface area contributed by atoms with Gasteiger partial charge >= 0.3 is 0 Å². The van der Waals surface area contributed by atoms with Crippen molar-refractivity contribution in [3.05, 3.63) is 102 Å². The molecule has 0 atom stereocenters. The zero-order chi connectivity index (χ0) is 22.5. The second kappa shape index (κ2) is 9.82. The maximum Gasteiger partial charge on any atom is 0.227 e. The van der Waals surface area contributed by atoms with Gasteiger partial charge in [-0.1, -0.05) is 72.8 Å². The fourth-order valence-electron chi connectivity index (χ4n) is 4.41. The lowest BCUT2D eigenvalue weighted by Gasteiger charge is -2.36. The molecule has 0 saturated carbocycles. The zero-order valence-electron chi connectivity index (χ0n) is 18.7. The first-order chi connectivity index (χ1) is 16.3. The van der Waals surface area contributed by atoms with E-state index in [-0.39, 0.29) is 5.91 Å². The highest BCUT2D eigenvalue weighted by Gasteiger charge is 2.23. The molecule has 5 rings (SSSR count). The molecule has 0 N–H and O–H groups in total. The summed E-state index contributed by atoms with van der Waals surface area (Å²) in [6.07, 6.45) is 2.18. The van der Waals surface area contributed by atoms with Gasteiger partial charge in [-0.15, -0.1) is 0 Å². The summed E-state index contributed by atoms with van der Waals surface area (Å²) in [5, 5.41) is 1.07. The summed E-state index contributed by atoms with van der Waals surface area (Å²) in [6, 6.07) is 28.7. The first-order valence-corrected chi connectivity index (χ1v) is 11.6. The average molecular weight is 437 g/mol. The van der Waals surface area contributed by atoms with Crippen LogP contribution in [0.25, 0.3) is 10.9 Å². The van der Waals surface area contributed by atoms with Crippen LogP contribution in [0, 0.1) is 0 Å². The highest BCUT2D eigenvalue weighted by Crippen LogP contribution is 2.25. The molecule has 2 heterocycles. The molecule has 166 valence electrons. The predicted molar refractivity (Wildman–Crippen MR) is 132 cm³/mol. The fourth-order valence-corrected chi connectivity index (χ4v) is 4.41. The van der Waals surface area contributed by atoms with Crippen LogP contribution in [0.5, 0.6) is 0 Å². The molecule has 1 amide bonds. The molecule has 0 bridgehead atoms. The van der Waals surface area contributed by atoms with E-state index >= 15 is 0 Å². The number of para-hydroxylation sites is 1. The van der Waals surface area contributed by atoms with E-state index < -0.39 is 0 Å². The summed E-state index contributed by atoms with van der Waals surface area (Å²) in [4.78, 5) is 26.9. The number of fused-ring (bicyclic) bond motifs is 1. The molecule has 1 fully saturated rings. The minimum absolute atomic E-state index is 0.192. The molecule has 1 saturated heterocycles.